The fraction of sp³-hybridized carbons (Fsp3) is 0.250. The first kappa shape index (κ1) is 9.73. The van der Waals surface area contributed by atoms with Gasteiger partial charge in [-0.3, -0.25) is 5.43 Å². The molecule has 0 bridgehead atoms. The van der Waals surface area contributed by atoms with E-state index in [0.717, 1.165) is 17.1 Å². The van der Waals surface area contributed by atoms with Crippen molar-refractivity contribution in [2.45, 2.75) is 13.8 Å². The summed E-state index contributed by atoms with van der Waals surface area (Å²) in [7, 11) is 0. The number of furan rings is 1. The van der Waals surface area contributed by atoms with Crippen molar-refractivity contribution < 1.29 is 4.42 Å². The topological polar surface area (TPSA) is 63.5 Å². The van der Waals surface area contributed by atoms with Crippen LogP contribution in [0.2, 0.25) is 0 Å². The van der Waals surface area contributed by atoms with Gasteiger partial charge in [-0.05, 0) is 32.1 Å². The summed E-state index contributed by atoms with van der Waals surface area (Å²) in [6.45, 7) is 3.75. The number of hydrogen-bond donors (Lipinski definition) is 2. The molecule has 0 aromatic carbocycles. The maximum Gasteiger partial charge on any atom is 0.184 e. The van der Waals surface area contributed by atoms with Gasteiger partial charge in [-0.1, -0.05) is 0 Å². The highest BCUT2D eigenvalue weighted by Gasteiger charge is 2.00. The van der Waals surface area contributed by atoms with E-state index in [9.17, 15) is 0 Å². The quantitative estimate of drug-likeness (QED) is 0.423. The molecule has 0 saturated heterocycles. The molecule has 0 unspecified atom stereocenters. The molecule has 0 aliphatic carbocycles. The summed E-state index contributed by atoms with van der Waals surface area (Å²) in [5.74, 6) is 1.68. The molecule has 3 N–H and O–H groups in total. The van der Waals surface area contributed by atoms with Gasteiger partial charge in [0, 0.05) is 5.56 Å². The Kier molecular flexibility index (Phi) is 3.02. The minimum Gasteiger partial charge on any atom is -0.466 e. The summed E-state index contributed by atoms with van der Waals surface area (Å²) in [4.78, 5) is 0. The highest BCUT2D eigenvalue weighted by atomic mass is 32.1. The standard InChI is InChI=1S/C8H11N3OS/c1-5-3-7(6(2)12-5)4-10-11-8(9)13/h3-4H,1-2H3,(H3,9,11,13)/b10-4+. The van der Waals surface area contributed by atoms with Crippen LogP contribution in [0.4, 0.5) is 0 Å². The van der Waals surface area contributed by atoms with Crippen LogP contribution < -0.4 is 11.2 Å². The van der Waals surface area contributed by atoms with Crippen molar-refractivity contribution in [3.05, 3.63) is 23.2 Å². The summed E-state index contributed by atoms with van der Waals surface area (Å²) in [5, 5.41) is 3.96. The van der Waals surface area contributed by atoms with E-state index >= 15 is 0 Å². The van der Waals surface area contributed by atoms with Crippen molar-refractivity contribution in [3.63, 3.8) is 0 Å². The predicted molar refractivity (Wildman–Crippen MR) is 55.7 cm³/mol. The van der Waals surface area contributed by atoms with Crippen molar-refractivity contribution >= 4 is 23.5 Å². The van der Waals surface area contributed by atoms with Gasteiger partial charge in [-0.15, -0.1) is 0 Å². The van der Waals surface area contributed by atoms with Gasteiger partial charge in [-0.2, -0.15) is 5.10 Å². The molecule has 1 aromatic rings. The van der Waals surface area contributed by atoms with Gasteiger partial charge in [0.15, 0.2) is 5.11 Å². The third kappa shape index (κ3) is 2.87. The molecule has 0 saturated carbocycles. The Balaban J connectivity index is 2.68. The summed E-state index contributed by atoms with van der Waals surface area (Å²) < 4.78 is 5.29. The molecule has 0 aliphatic rings. The Morgan fingerprint density at radius 2 is 2.38 bits per heavy atom. The highest BCUT2D eigenvalue weighted by Crippen LogP contribution is 2.10. The van der Waals surface area contributed by atoms with Crippen molar-refractivity contribution in [1.29, 1.82) is 0 Å². The Labute approximate surface area is 81.8 Å². The summed E-state index contributed by atoms with van der Waals surface area (Å²) in [5.41, 5.74) is 8.57. The highest BCUT2D eigenvalue weighted by molar-refractivity contribution is 7.80. The maximum absolute atomic E-state index is 5.29. The molecular weight excluding hydrogens is 186 g/mol. The largest absolute Gasteiger partial charge is 0.466 e. The number of nitrogens with two attached hydrogens (primary N) is 1. The SMILES string of the molecule is Cc1cc(/C=N/NC(N)=S)c(C)o1. The summed E-state index contributed by atoms with van der Waals surface area (Å²) in [6.07, 6.45) is 1.62. The van der Waals surface area contributed by atoms with E-state index < -0.39 is 0 Å². The van der Waals surface area contributed by atoms with Gasteiger partial charge in [0.05, 0.1) is 6.21 Å². The summed E-state index contributed by atoms with van der Waals surface area (Å²) >= 11 is 4.58. The molecule has 70 valence electrons. The lowest BCUT2D eigenvalue weighted by molar-refractivity contribution is 0.504. The second-order valence-corrected chi connectivity index (χ2v) is 3.04. The molecule has 0 atom stereocenters. The van der Waals surface area contributed by atoms with Crippen LogP contribution in [-0.4, -0.2) is 11.3 Å². The zero-order valence-electron chi connectivity index (χ0n) is 7.50. The first-order chi connectivity index (χ1) is 6.09. The first-order valence-electron chi connectivity index (χ1n) is 3.75. The van der Waals surface area contributed by atoms with Crippen molar-refractivity contribution in [1.82, 2.24) is 5.43 Å². The normalized spacial score (nSPS) is 10.6. The van der Waals surface area contributed by atoms with Crippen LogP contribution in [0.25, 0.3) is 0 Å². The lowest BCUT2D eigenvalue weighted by Gasteiger charge is -1.92. The van der Waals surface area contributed by atoms with E-state index in [2.05, 4.69) is 22.7 Å². The van der Waals surface area contributed by atoms with Gasteiger partial charge in [0.1, 0.15) is 11.5 Å². The summed E-state index contributed by atoms with van der Waals surface area (Å²) in [6, 6.07) is 1.89. The Morgan fingerprint density at radius 3 is 2.85 bits per heavy atom. The van der Waals surface area contributed by atoms with E-state index in [1.807, 2.05) is 19.9 Å². The fourth-order valence-corrected chi connectivity index (χ4v) is 0.997. The average molecular weight is 197 g/mol. The lowest BCUT2D eigenvalue weighted by Crippen LogP contribution is -2.23. The van der Waals surface area contributed by atoms with Crippen LogP contribution in [0.1, 0.15) is 17.1 Å². The molecule has 4 nitrogen and oxygen atoms in total. The smallest absolute Gasteiger partial charge is 0.184 e. The third-order valence-corrected chi connectivity index (χ3v) is 1.55. The molecule has 0 fully saturated rings. The third-order valence-electron chi connectivity index (χ3n) is 1.46. The molecule has 1 rings (SSSR count). The van der Waals surface area contributed by atoms with Gasteiger partial charge in [0.2, 0.25) is 0 Å². The number of thiocarbonyl (C=S) groups is 1. The number of rotatable bonds is 2. The number of aryl methyl sites for hydroxylation is 2. The zero-order chi connectivity index (χ0) is 9.84. The van der Waals surface area contributed by atoms with Crippen LogP contribution in [0.5, 0.6) is 0 Å². The predicted octanol–water partition coefficient (Wildman–Crippen LogP) is 1.06. The number of nitrogens with one attached hydrogen (secondary N) is 1. The molecule has 0 aliphatic heterocycles. The molecular formula is C8H11N3OS. The van der Waals surface area contributed by atoms with Gasteiger partial charge in [0.25, 0.3) is 0 Å². The Hall–Kier alpha value is -1.36. The molecule has 1 heterocycles. The van der Waals surface area contributed by atoms with Crippen molar-refractivity contribution in [2.24, 2.45) is 10.8 Å². The zero-order valence-corrected chi connectivity index (χ0v) is 8.31. The number of nitrogens with zero attached hydrogens (tertiary/aromatic N) is 1. The van der Waals surface area contributed by atoms with E-state index in [1.54, 1.807) is 6.21 Å². The van der Waals surface area contributed by atoms with Crippen LogP contribution >= 0.6 is 12.2 Å². The fourth-order valence-electron chi connectivity index (χ4n) is 0.944. The molecule has 0 radical (unpaired) electrons. The number of hydrazone groups is 1. The van der Waals surface area contributed by atoms with E-state index in [0.29, 0.717) is 0 Å². The van der Waals surface area contributed by atoms with Crippen LogP contribution in [-0.2, 0) is 0 Å². The Bertz CT molecular complexity index is 343. The van der Waals surface area contributed by atoms with Gasteiger partial charge >= 0.3 is 0 Å². The molecule has 13 heavy (non-hydrogen) atoms. The Morgan fingerprint density at radius 1 is 1.69 bits per heavy atom. The van der Waals surface area contributed by atoms with Gasteiger partial charge < -0.3 is 10.2 Å². The second-order valence-electron chi connectivity index (χ2n) is 2.60. The van der Waals surface area contributed by atoms with Crippen LogP contribution in [0.15, 0.2) is 15.6 Å². The second kappa shape index (κ2) is 4.04. The average Bonchev–Trinajstić information content (AvgIpc) is 2.29. The van der Waals surface area contributed by atoms with E-state index in [4.69, 9.17) is 10.2 Å². The van der Waals surface area contributed by atoms with Gasteiger partial charge in [-0.25, -0.2) is 0 Å². The molecule has 0 spiro atoms. The van der Waals surface area contributed by atoms with Crippen LogP contribution in [0.3, 0.4) is 0 Å². The van der Waals surface area contributed by atoms with Crippen molar-refractivity contribution in [2.75, 3.05) is 0 Å². The minimum absolute atomic E-state index is 0.147. The van der Waals surface area contributed by atoms with E-state index in [1.165, 1.54) is 0 Å². The minimum atomic E-state index is 0.147. The lowest BCUT2D eigenvalue weighted by atomic mass is 10.3. The first-order valence-corrected chi connectivity index (χ1v) is 4.16. The van der Waals surface area contributed by atoms with E-state index in [-0.39, 0.29) is 5.11 Å². The maximum atomic E-state index is 5.29. The van der Waals surface area contributed by atoms with Crippen molar-refractivity contribution in [3.8, 4) is 0 Å². The molecule has 5 heteroatoms. The monoisotopic (exact) mass is 197 g/mol. The number of hydrogen-bond acceptors (Lipinski definition) is 3. The molecule has 1 aromatic heterocycles. The molecule has 0 amide bonds. The van der Waals surface area contributed by atoms with Crippen LogP contribution in [0, 0.1) is 13.8 Å².